The molecule has 0 fully saturated rings. The fourth-order valence-corrected chi connectivity index (χ4v) is 0.744. The fourth-order valence-electron chi connectivity index (χ4n) is 0.744. The number of unbranched alkanes of at least 4 members (excludes halogenated alkanes) is 1. The van der Waals surface area contributed by atoms with E-state index in [1.54, 1.807) is 0 Å². The Morgan fingerprint density at radius 3 is 2.60 bits per heavy atom. The second kappa shape index (κ2) is 4.11. The Bertz CT molecular complexity index is 139. The maximum absolute atomic E-state index is 8.62. The number of rotatable bonds is 4. The summed E-state index contributed by atoms with van der Waals surface area (Å²) in [6, 6.07) is 2.27. The van der Waals surface area contributed by atoms with Gasteiger partial charge in [-0.15, -0.1) is 6.58 Å². The lowest BCUT2D eigenvalue weighted by Gasteiger charge is -2.12. The third-order valence-electron chi connectivity index (χ3n) is 1.51. The average Bonchev–Trinajstić information content (AvgIpc) is 1.89. The number of allylic oxidation sites excluding steroid dienone is 1. The first-order valence-electron chi connectivity index (χ1n) is 3.64. The molecule has 56 valence electrons. The molecular formula is C9H15N. The van der Waals surface area contributed by atoms with Crippen LogP contribution in [0.5, 0.6) is 0 Å². The van der Waals surface area contributed by atoms with E-state index >= 15 is 0 Å². The first kappa shape index (κ1) is 9.23. The van der Waals surface area contributed by atoms with E-state index in [0.29, 0.717) is 0 Å². The molecular weight excluding hydrogens is 122 g/mol. The summed E-state index contributed by atoms with van der Waals surface area (Å²) in [5.74, 6) is 0. The van der Waals surface area contributed by atoms with Crippen molar-refractivity contribution in [1.82, 2.24) is 0 Å². The maximum atomic E-state index is 8.62. The smallest absolute Gasteiger partial charge is 0.0683 e. The molecule has 0 aliphatic carbocycles. The third-order valence-corrected chi connectivity index (χ3v) is 1.51. The van der Waals surface area contributed by atoms with E-state index in [4.69, 9.17) is 5.26 Å². The summed E-state index contributed by atoms with van der Waals surface area (Å²) < 4.78 is 0. The van der Waals surface area contributed by atoms with E-state index in [0.717, 1.165) is 19.3 Å². The van der Waals surface area contributed by atoms with E-state index in [2.05, 4.69) is 12.6 Å². The molecule has 1 nitrogen and oxygen atoms in total. The molecule has 0 radical (unpaired) electrons. The second-order valence-electron chi connectivity index (χ2n) is 3.18. The van der Waals surface area contributed by atoms with Crippen LogP contribution in [-0.4, -0.2) is 0 Å². The molecule has 0 aliphatic rings. The standard InChI is InChI=1S/C9H15N/c1-4-5-6-7-9(2,3)8-10/h4H,1,5-7H2,2-3H3. The zero-order valence-corrected chi connectivity index (χ0v) is 6.85. The van der Waals surface area contributed by atoms with Crippen molar-refractivity contribution in [3.05, 3.63) is 12.7 Å². The van der Waals surface area contributed by atoms with Crippen LogP contribution < -0.4 is 0 Å². The Morgan fingerprint density at radius 2 is 2.20 bits per heavy atom. The fraction of sp³-hybridized carbons (Fsp3) is 0.667. The first-order valence-corrected chi connectivity index (χ1v) is 3.64. The van der Waals surface area contributed by atoms with Gasteiger partial charge >= 0.3 is 0 Å². The van der Waals surface area contributed by atoms with Crippen LogP contribution in [0.3, 0.4) is 0 Å². The number of nitriles is 1. The molecule has 0 rings (SSSR count). The summed E-state index contributed by atoms with van der Waals surface area (Å²) in [6.45, 7) is 7.56. The second-order valence-corrected chi connectivity index (χ2v) is 3.18. The highest BCUT2D eigenvalue weighted by Crippen LogP contribution is 2.21. The molecule has 0 aromatic carbocycles. The zero-order valence-electron chi connectivity index (χ0n) is 6.85. The highest BCUT2D eigenvalue weighted by atomic mass is 14.3. The van der Waals surface area contributed by atoms with Crippen LogP contribution in [0.4, 0.5) is 0 Å². The summed E-state index contributed by atoms with van der Waals surface area (Å²) >= 11 is 0. The molecule has 0 aliphatic heterocycles. The minimum Gasteiger partial charge on any atom is -0.198 e. The predicted octanol–water partition coefficient (Wildman–Crippen LogP) is 2.89. The molecule has 0 N–H and O–H groups in total. The normalized spacial score (nSPS) is 10.5. The van der Waals surface area contributed by atoms with Gasteiger partial charge in [0.25, 0.3) is 0 Å². The Morgan fingerprint density at radius 1 is 1.60 bits per heavy atom. The molecule has 0 spiro atoms. The summed E-state index contributed by atoms with van der Waals surface area (Å²) in [4.78, 5) is 0. The van der Waals surface area contributed by atoms with Gasteiger partial charge in [0.1, 0.15) is 0 Å². The van der Waals surface area contributed by atoms with Crippen LogP contribution in [0.1, 0.15) is 33.1 Å². The molecule has 1 heteroatoms. The highest BCUT2D eigenvalue weighted by Gasteiger charge is 2.14. The van der Waals surface area contributed by atoms with Gasteiger partial charge in [-0.05, 0) is 33.1 Å². The molecule has 0 aromatic rings. The van der Waals surface area contributed by atoms with E-state index in [9.17, 15) is 0 Å². The zero-order chi connectivity index (χ0) is 8.04. The molecule has 0 saturated heterocycles. The number of hydrogen-bond donors (Lipinski definition) is 0. The molecule has 10 heavy (non-hydrogen) atoms. The monoisotopic (exact) mass is 137 g/mol. The molecule has 0 aromatic heterocycles. The van der Waals surface area contributed by atoms with Crippen LogP contribution in [0, 0.1) is 16.7 Å². The predicted molar refractivity (Wildman–Crippen MR) is 43.4 cm³/mol. The maximum Gasteiger partial charge on any atom is 0.0683 e. The van der Waals surface area contributed by atoms with Crippen molar-refractivity contribution in [3.8, 4) is 6.07 Å². The van der Waals surface area contributed by atoms with Gasteiger partial charge in [0.15, 0.2) is 0 Å². The number of hydrogen-bond acceptors (Lipinski definition) is 1. The minimum absolute atomic E-state index is 0.150. The van der Waals surface area contributed by atoms with Gasteiger partial charge in [0.2, 0.25) is 0 Å². The van der Waals surface area contributed by atoms with Gasteiger partial charge in [0.05, 0.1) is 11.5 Å². The quantitative estimate of drug-likeness (QED) is 0.431. The van der Waals surface area contributed by atoms with E-state index in [1.165, 1.54) is 0 Å². The summed E-state index contributed by atoms with van der Waals surface area (Å²) in [7, 11) is 0. The molecule has 0 atom stereocenters. The Balaban J connectivity index is 3.49. The van der Waals surface area contributed by atoms with E-state index in [1.807, 2.05) is 19.9 Å². The van der Waals surface area contributed by atoms with Gasteiger partial charge in [0, 0.05) is 0 Å². The Kier molecular flexibility index (Phi) is 3.79. The van der Waals surface area contributed by atoms with Crippen LogP contribution in [0.25, 0.3) is 0 Å². The summed E-state index contributed by atoms with van der Waals surface area (Å²) in [5, 5.41) is 8.62. The lowest BCUT2D eigenvalue weighted by atomic mass is 9.89. The Hall–Kier alpha value is -0.770. The SMILES string of the molecule is C=CCCCC(C)(C)C#N. The molecule has 0 bridgehead atoms. The Labute approximate surface area is 63.4 Å². The lowest BCUT2D eigenvalue weighted by molar-refractivity contribution is 0.437. The van der Waals surface area contributed by atoms with Crippen molar-refractivity contribution in [1.29, 1.82) is 5.26 Å². The number of nitrogens with zero attached hydrogens (tertiary/aromatic N) is 1. The van der Waals surface area contributed by atoms with Crippen LogP contribution in [-0.2, 0) is 0 Å². The van der Waals surface area contributed by atoms with Gasteiger partial charge in [-0.25, -0.2) is 0 Å². The van der Waals surface area contributed by atoms with Crippen molar-refractivity contribution in [2.45, 2.75) is 33.1 Å². The molecule has 0 heterocycles. The first-order chi connectivity index (χ1) is 4.62. The van der Waals surface area contributed by atoms with Gasteiger partial charge < -0.3 is 0 Å². The van der Waals surface area contributed by atoms with Gasteiger partial charge in [-0.1, -0.05) is 6.08 Å². The van der Waals surface area contributed by atoms with Crippen LogP contribution in [0.15, 0.2) is 12.7 Å². The van der Waals surface area contributed by atoms with Crippen LogP contribution in [0.2, 0.25) is 0 Å². The van der Waals surface area contributed by atoms with Crippen molar-refractivity contribution < 1.29 is 0 Å². The summed E-state index contributed by atoms with van der Waals surface area (Å²) in [5.41, 5.74) is -0.150. The third kappa shape index (κ3) is 4.14. The topological polar surface area (TPSA) is 23.8 Å². The van der Waals surface area contributed by atoms with Gasteiger partial charge in [-0.2, -0.15) is 5.26 Å². The van der Waals surface area contributed by atoms with E-state index < -0.39 is 0 Å². The largest absolute Gasteiger partial charge is 0.198 e. The van der Waals surface area contributed by atoms with Crippen molar-refractivity contribution >= 4 is 0 Å². The minimum atomic E-state index is -0.150. The average molecular weight is 137 g/mol. The highest BCUT2D eigenvalue weighted by molar-refractivity contribution is 4.91. The lowest BCUT2D eigenvalue weighted by Crippen LogP contribution is -2.06. The van der Waals surface area contributed by atoms with Crippen molar-refractivity contribution in [3.63, 3.8) is 0 Å². The molecule has 0 unspecified atom stereocenters. The van der Waals surface area contributed by atoms with Crippen molar-refractivity contribution in [2.75, 3.05) is 0 Å². The van der Waals surface area contributed by atoms with E-state index in [-0.39, 0.29) is 5.41 Å². The summed E-state index contributed by atoms with van der Waals surface area (Å²) in [6.07, 6.45) is 4.96. The molecule has 0 amide bonds. The van der Waals surface area contributed by atoms with Crippen molar-refractivity contribution in [2.24, 2.45) is 5.41 Å². The van der Waals surface area contributed by atoms with Gasteiger partial charge in [-0.3, -0.25) is 0 Å². The van der Waals surface area contributed by atoms with Crippen LogP contribution >= 0.6 is 0 Å². The molecule has 0 saturated carbocycles.